The first-order chi connectivity index (χ1) is 10.2. The minimum atomic E-state index is -0.727. The van der Waals surface area contributed by atoms with Gasteiger partial charge in [-0.05, 0) is 30.5 Å². The Morgan fingerprint density at radius 1 is 1.19 bits per heavy atom. The molecule has 5 heteroatoms. The highest BCUT2D eigenvalue weighted by Gasteiger charge is 2.20. The quantitative estimate of drug-likeness (QED) is 0.841. The Labute approximate surface area is 129 Å². The minimum absolute atomic E-state index is 0.142. The van der Waals surface area contributed by atoms with Gasteiger partial charge < -0.3 is 14.8 Å². The fraction of sp³-hybridized carbons (Fsp3) is 0.625. The summed E-state index contributed by atoms with van der Waals surface area (Å²) in [6.45, 7) is 6.34. The molecule has 4 nitrogen and oxygen atoms in total. The molecule has 1 aromatic rings. The van der Waals surface area contributed by atoms with Gasteiger partial charge in [-0.15, -0.1) is 0 Å². The summed E-state index contributed by atoms with van der Waals surface area (Å²) in [4.78, 5) is 0. The molecule has 0 bridgehead atoms. The van der Waals surface area contributed by atoms with Gasteiger partial charge in [0.05, 0.1) is 13.2 Å². The van der Waals surface area contributed by atoms with Gasteiger partial charge in [0.15, 0.2) is 11.5 Å². The largest absolute Gasteiger partial charge is 0.490 e. The molecular weight excluding hydrogens is 286 g/mol. The van der Waals surface area contributed by atoms with Gasteiger partial charge in [-0.3, -0.25) is 4.21 Å². The first-order valence-corrected chi connectivity index (χ1v) is 9.21. The smallest absolute Gasteiger partial charge is 0.161 e. The number of benzene rings is 1. The summed E-state index contributed by atoms with van der Waals surface area (Å²) >= 11 is 0. The molecule has 0 spiro atoms. The average Bonchev–Trinajstić information content (AvgIpc) is 2.51. The van der Waals surface area contributed by atoms with Crippen molar-refractivity contribution < 1.29 is 13.7 Å². The van der Waals surface area contributed by atoms with E-state index in [9.17, 15) is 4.21 Å². The Hall–Kier alpha value is -1.07. The lowest BCUT2D eigenvalue weighted by molar-refractivity contribution is 0.268. The first kappa shape index (κ1) is 16.3. The predicted molar refractivity (Wildman–Crippen MR) is 86.6 cm³/mol. The van der Waals surface area contributed by atoms with Gasteiger partial charge in [-0.1, -0.05) is 19.9 Å². The number of hydrogen-bond donors (Lipinski definition) is 1. The summed E-state index contributed by atoms with van der Waals surface area (Å²) in [5.74, 6) is 3.00. The van der Waals surface area contributed by atoms with Crippen molar-refractivity contribution in [3.8, 4) is 11.5 Å². The van der Waals surface area contributed by atoms with E-state index in [4.69, 9.17) is 9.47 Å². The molecule has 2 rings (SSSR count). The maximum Gasteiger partial charge on any atom is 0.161 e. The lowest BCUT2D eigenvalue weighted by atomic mass is 10.1. The van der Waals surface area contributed by atoms with E-state index in [1.54, 1.807) is 0 Å². The Morgan fingerprint density at radius 2 is 1.90 bits per heavy atom. The number of rotatable bonds is 7. The monoisotopic (exact) mass is 311 g/mol. The van der Waals surface area contributed by atoms with Gasteiger partial charge in [0, 0.05) is 34.9 Å². The SMILES string of the molecule is CCCOc1ccc(C2CS(=O)CCN2)cc1OCCC. The zero-order valence-electron chi connectivity index (χ0n) is 12.9. The van der Waals surface area contributed by atoms with Crippen LogP contribution in [0.1, 0.15) is 38.3 Å². The highest BCUT2D eigenvalue weighted by molar-refractivity contribution is 7.85. The molecule has 1 aliphatic heterocycles. The zero-order valence-corrected chi connectivity index (χ0v) is 13.7. The highest BCUT2D eigenvalue weighted by atomic mass is 32.2. The molecule has 1 N–H and O–H groups in total. The van der Waals surface area contributed by atoms with Crippen LogP contribution in [0, 0.1) is 0 Å². The van der Waals surface area contributed by atoms with Crippen molar-refractivity contribution in [1.29, 1.82) is 0 Å². The molecule has 1 aliphatic rings. The maximum atomic E-state index is 11.7. The molecule has 0 radical (unpaired) electrons. The van der Waals surface area contributed by atoms with Crippen molar-refractivity contribution in [1.82, 2.24) is 5.32 Å². The maximum absolute atomic E-state index is 11.7. The van der Waals surface area contributed by atoms with Crippen LogP contribution in [0.4, 0.5) is 0 Å². The fourth-order valence-corrected chi connectivity index (χ4v) is 3.48. The molecule has 2 unspecified atom stereocenters. The average molecular weight is 311 g/mol. The van der Waals surface area contributed by atoms with Crippen molar-refractivity contribution in [2.75, 3.05) is 31.3 Å². The van der Waals surface area contributed by atoms with Gasteiger partial charge in [-0.25, -0.2) is 0 Å². The summed E-state index contributed by atoms with van der Waals surface area (Å²) in [6, 6.07) is 6.18. The van der Waals surface area contributed by atoms with E-state index < -0.39 is 10.8 Å². The van der Waals surface area contributed by atoms with E-state index in [-0.39, 0.29) is 6.04 Å². The van der Waals surface area contributed by atoms with E-state index >= 15 is 0 Å². The normalized spacial score (nSPS) is 22.0. The van der Waals surface area contributed by atoms with Crippen LogP contribution in [-0.4, -0.2) is 35.5 Å². The van der Waals surface area contributed by atoms with Gasteiger partial charge in [0.1, 0.15) is 0 Å². The van der Waals surface area contributed by atoms with Crippen LogP contribution in [0.3, 0.4) is 0 Å². The van der Waals surface area contributed by atoms with Crippen LogP contribution in [0.15, 0.2) is 18.2 Å². The Balaban J connectivity index is 2.16. The minimum Gasteiger partial charge on any atom is -0.490 e. The lowest BCUT2D eigenvalue weighted by Crippen LogP contribution is -2.36. The van der Waals surface area contributed by atoms with Crippen molar-refractivity contribution in [3.63, 3.8) is 0 Å². The van der Waals surface area contributed by atoms with Crippen LogP contribution >= 0.6 is 0 Å². The third-order valence-electron chi connectivity index (χ3n) is 3.37. The van der Waals surface area contributed by atoms with Crippen LogP contribution in [0.5, 0.6) is 11.5 Å². The molecule has 1 saturated heterocycles. The molecular formula is C16H25NO3S. The zero-order chi connectivity index (χ0) is 15.1. The summed E-state index contributed by atoms with van der Waals surface area (Å²) in [5.41, 5.74) is 1.12. The number of hydrogen-bond acceptors (Lipinski definition) is 4. The van der Waals surface area contributed by atoms with Crippen LogP contribution in [0.2, 0.25) is 0 Å². The molecule has 0 saturated carbocycles. The third kappa shape index (κ3) is 4.71. The highest BCUT2D eigenvalue weighted by Crippen LogP contribution is 2.31. The molecule has 0 aromatic heterocycles. The van der Waals surface area contributed by atoms with Crippen molar-refractivity contribution in [2.45, 2.75) is 32.7 Å². The van der Waals surface area contributed by atoms with Gasteiger partial charge >= 0.3 is 0 Å². The second-order valence-electron chi connectivity index (χ2n) is 5.22. The second kappa shape index (κ2) is 8.39. The van der Waals surface area contributed by atoms with E-state index in [1.165, 1.54) is 0 Å². The molecule has 1 fully saturated rings. The van der Waals surface area contributed by atoms with Crippen molar-refractivity contribution in [3.05, 3.63) is 23.8 Å². The second-order valence-corrected chi connectivity index (χ2v) is 6.84. The topological polar surface area (TPSA) is 47.6 Å². The predicted octanol–water partition coefficient (Wildman–Crippen LogP) is 2.66. The molecule has 1 aromatic carbocycles. The Bertz CT molecular complexity index is 479. The summed E-state index contributed by atoms with van der Waals surface area (Å²) < 4.78 is 23.3. The fourth-order valence-electron chi connectivity index (χ4n) is 2.29. The number of nitrogens with one attached hydrogen (secondary N) is 1. The van der Waals surface area contributed by atoms with Crippen LogP contribution in [-0.2, 0) is 10.8 Å². The molecule has 2 atom stereocenters. The van der Waals surface area contributed by atoms with Gasteiger partial charge in [0.25, 0.3) is 0 Å². The van der Waals surface area contributed by atoms with E-state index in [0.29, 0.717) is 19.0 Å². The molecule has 0 amide bonds. The van der Waals surface area contributed by atoms with Crippen molar-refractivity contribution >= 4 is 10.8 Å². The summed E-state index contributed by atoms with van der Waals surface area (Å²) in [6.07, 6.45) is 1.93. The van der Waals surface area contributed by atoms with E-state index in [2.05, 4.69) is 19.2 Å². The van der Waals surface area contributed by atoms with Gasteiger partial charge in [-0.2, -0.15) is 0 Å². The summed E-state index contributed by atoms with van der Waals surface area (Å²) in [5, 5.41) is 3.42. The van der Waals surface area contributed by atoms with Crippen LogP contribution < -0.4 is 14.8 Å². The molecule has 0 aliphatic carbocycles. The Kier molecular flexibility index (Phi) is 6.51. The summed E-state index contributed by atoms with van der Waals surface area (Å²) in [7, 11) is -0.727. The van der Waals surface area contributed by atoms with E-state index in [0.717, 1.165) is 42.2 Å². The number of ether oxygens (including phenoxy) is 2. The standard InChI is InChI=1S/C16H25NO3S/c1-3-8-19-15-6-5-13(11-16(15)20-9-4-2)14-12-21(18)10-7-17-14/h5-6,11,14,17H,3-4,7-10,12H2,1-2H3. The third-order valence-corrected chi connectivity index (χ3v) is 4.73. The van der Waals surface area contributed by atoms with Crippen molar-refractivity contribution in [2.24, 2.45) is 0 Å². The first-order valence-electron chi connectivity index (χ1n) is 7.72. The Morgan fingerprint density at radius 3 is 2.57 bits per heavy atom. The molecule has 1 heterocycles. The lowest BCUT2D eigenvalue weighted by Gasteiger charge is -2.24. The van der Waals surface area contributed by atoms with Gasteiger partial charge in [0.2, 0.25) is 0 Å². The molecule has 118 valence electrons. The van der Waals surface area contributed by atoms with E-state index in [1.807, 2.05) is 18.2 Å². The molecule has 21 heavy (non-hydrogen) atoms. The van der Waals surface area contributed by atoms with Crippen LogP contribution in [0.25, 0.3) is 0 Å².